The molecule has 0 aliphatic carbocycles. The van der Waals surface area contributed by atoms with E-state index in [-0.39, 0.29) is 11.9 Å². The number of aromatic amines is 1. The Balaban J connectivity index is 1.81. The lowest BCUT2D eigenvalue weighted by Gasteiger charge is -2.27. The van der Waals surface area contributed by atoms with Gasteiger partial charge < -0.3 is 9.64 Å². The van der Waals surface area contributed by atoms with Crippen LogP contribution in [-0.4, -0.2) is 34.7 Å². The van der Waals surface area contributed by atoms with Crippen molar-refractivity contribution in [1.29, 1.82) is 0 Å². The van der Waals surface area contributed by atoms with Gasteiger partial charge in [0.1, 0.15) is 11.4 Å². The van der Waals surface area contributed by atoms with E-state index < -0.39 is 0 Å². The van der Waals surface area contributed by atoms with Gasteiger partial charge in [0, 0.05) is 22.7 Å². The third-order valence-corrected chi connectivity index (χ3v) is 5.77. The van der Waals surface area contributed by atoms with Crippen molar-refractivity contribution in [3.05, 3.63) is 70.4 Å². The summed E-state index contributed by atoms with van der Waals surface area (Å²) in [4.78, 5) is 15.1. The van der Waals surface area contributed by atoms with Gasteiger partial charge in [-0.15, -0.1) is 0 Å². The van der Waals surface area contributed by atoms with Gasteiger partial charge in [-0.2, -0.15) is 5.10 Å². The number of nitrogens with one attached hydrogen (secondary N) is 1. The van der Waals surface area contributed by atoms with Crippen molar-refractivity contribution in [2.24, 2.45) is 0 Å². The molecule has 0 radical (unpaired) electrons. The van der Waals surface area contributed by atoms with Gasteiger partial charge in [0.2, 0.25) is 0 Å². The van der Waals surface area contributed by atoms with Crippen LogP contribution < -0.4 is 4.74 Å². The molecule has 2 heterocycles. The summed E-state index contributed by atoms with van der Waals surface area (Å²) in [5.41, 5.74) is 4.08. The lowest BCUT2D eigenvalue weighted by molar-refractivity contribution is 0.0740. The molecule has 0 bridgehead atoms. The smallest absolute Gasteiger partial charge is 0.273 e. The first-order valence-electron chi connectivity index (χ1n) is 9.93. The molecule has 0 fully saturated rings. The Morgan fingerprint density at radius 1 is 1.14 bits per heavy atom. The van der Waals surface area contributed by atoms with E-state index in [1.165, 1.54) is 0 Å². The molecule has 1 atom stereocenters. The predicted molar refractivity (Wildman–Crippen MR) is 114 cm³/mol. The van der Waals surface area contributed by atoms with Crippen LogP contribution in [0.1, 0.15) is 53.8 Å². The molecule has 1 amide bonds. The molecule has 3 aromatic rings. The number of benzene rings is 2. The number of H-pyrrole nitrogens is 1. The summed E-state index contributed by atoms with van der Waals surface area (Å²) in [6.07, 6.45) is 3.14. The van der Waals surface area contributed by atoms with Gasteiger partial charge in [-0.3, -0.25) is 9.89 Å². The Hall–Kier alpha value is -2.79. The number of rotatable bonds is 7. The molecule has 5 nitrogen and oxygen atoms in total. The van der Waals surface area contributed by atoms with Gasteiger partial charge in [-0.05, 0) is 42.3 Å². The second-order valence-corrected chi connectivity index (χ2v) is 7.63. The van der Waals surface area contributed by atoms with E-state index in [2.05, 4.69) is 17.1 Å². The molecule has 150 valence electrons. The van der Waals surface area contributed by atoms with Crippen molar-refractivity contribution in [3.8, 4) is 17.0 Å². The van der Waals surface area contributed by atoms with Crippen molar-refractivity contribution in [2.45, 2.75) is 32.2 Å². The molecule has 1 aliphatic rings. The fraction of sp³-hybridized carbons (Fsp3) is 0.304. The number of unbranched alkanes of at least 4 members (excludes halogenated alkanes) is 2. The molecule has 4 rings (SSSR count). The van der Waals surface area contributed by atoms with E-state index in [1.807, 2.05) is 53.4 Å². The van der Waals surface area contributed by atoms with Crippen LogP contribution in [0.25, 0.3) is 11.3 Å². The maximum Gasteiger partial charge on any atom is 0.273 e. The highest BCUT2D eigenvalue weighted by Crippen LogP contribution is 2.44. The van der Waals surface area contributed by atoms with E-state index in [1.54, 1.807) is 7.11 Å². The molecule has 1 aliphatic heterocycles. The fourth-order valence-corrected chi connectivity index (χ4v) is 4.19. The quantitative estimate of drug-likeness (QED) is 0.526. The van der Waals surface area contributed by atoms with Crippen LogP contribution in [0.5, 0.6) is 5.75 Å². The molecule has 0 saturated carbocycles. The Kier molecular flexibility index (Phi) is 5.58. The summed E-state index contributed by atoms with van der Waals surface area (Å²) in [6.45, 7) is 2.85. The molecular formula is C23H24ClN3O2. The number of aromatic nitrogens is 2. The highest BCUT2D eigenvalue weighted by atomic mass is 35.5. The maximum absolute atomic E-state index is 13.2. The van der Waals surface area contributed by atoms with Crippen LogP contribution in [0.4, 0.5) is 0 Å². The molecule has 6 heteroatoms. The summed E-state index contributed by atoms with van der Waals surface area (Å²) in [5, 5.41) is 8.13. The fourth-order valence-electron chi connectivity index (χ4n) is 3.95. The third kappa shape index (κ3) is 3.51. The first-order valence-corrected chi connectivity index (χ1v) is 10.3. The van der Waals surface area contributed by atoms with Gasteiger partial charge in [0.25, 0.3) is 5.91 Å². The van der Waals surface area contributed by atoms with Gasteiger partial charge in [0.05, 0.1) is 18.8 Å². The summed E-state index contributed by atoms with van der Waals surface area (Å²) < 4.78 is 5.27. The third-order valence-electron chi connectivity index (χ3n) is 5.43. The van der Waals surface area contributed by atoms with E-state index in [4.69, 9.17) is 16.3 Å². The minimum atomic E-state index is -0.251. The van der Waals surface area contributed by atoms with Crippen molar-refractivity contribution in [3.63, 3.8) is 0 Å². The van der Waals surface area contributed by atoms with Crippen LogP contribution in [0.3, 0.4) is 0 Å². The highest BCUT2D eigenvalue weighted by molar-refractivity contribution is 6.31. The Labute approximate surface area is 175 Å². The summed E-state index contributed by atoms with van der Waals surface area (Å²) >= 11 is 6.56. The lowest BCUT2D eigenvalue weighted by atomic mass is 9.96. The van der Waals surface area contributed by atoms with Crippen molar-refractivity contribution < 1.29 is 9.53 Å². The first-order chi connectivity index (χ1) is 14.2. The van der Waals surface area contributed by atoms with Crippen molar-refractivity contribution in [1.82, 2.24) is 15.1 Å². The number of halogens is 1. The second kappa shape index (κ2) is 8.29. The number of ether oxygens (including phenoxy) is 1. The lowest BCUT2D eigenvalue weighted by Crippen LogP contribution is -2.30. The average Bonchev–Trinajstić information content (AvgIpc) is 3.28. The Morgan fingerprint density at radius 2 is 1.90 bits per heavy atom. The van der Waals surface area contributed by atoms with E-state index in [0.29, 0.717) is 17.3 Å². The van der Waals surface area contributed by atoms with Gasteiger partial charge in [0.15, 0.2) is 0 Å². The first kappa shape index (κ1) is 19.5. The van der Waals surface area contributed by atoms with Gasteiger partial charge in [-0.25, -0.2) is 0 Å². The number of fused-ring (bicyclic) bond motifs is 1. The number of nitrogens with zero attached hydrogens (tertiary/aromatic N) is 2. The number of carbonyl (C=O) groups is 1. The SMILES string of the molecule is CCCCCN1C(=O)c2[nH]nc(-c3ccc(OC)cc3)c2C1c1ccccc1Cl. The highest BCUT2D eigenvalue weighted by Gasteiger charge is 2.42. The second-order valence-electron chi connectivity index (χ2n) is 7.22. The van der Waals surface area contributed by atoms with Crippen LogP contribution in [0.2, 0.25) is 5.02 Å². The van der Waals surface area contributed by atoms with E-state index in [9.17, 15) is 4.79 Å². The topological polar surface area (TPSA) is 58.2 Å². The molecular weight excluding hydrogens is 386 g/mol. The van der Waals surface area contributed by atoms with Crippen molar-refractivity contribution in [2.75, 3.05) is 13.7 Å². The monoisotopic (exact) mass is 409 g/mol. The maximum atomic E-state index is 13.2. The van der Waals surface area contributed by atoms with Crippen LogP contribution in [-0.2, 0) is 0 Å². The largest absolute Gasteiger partial charge is 0.497 e. The molecule has 0 saturated heterocycles. The van der Waals surface area contributed by atoms with Gasteiger partial charge >= 0.3 is 0 Å². The summed E-state index contributed by atoms with van der Waals surface area (Å²) in [6, 6.07) is 15.2. The standard InChI is InChI=1S/C23H24ClN3O2/c1-3-4-7-14-27-22(17-8-5-6-9-18(17)24)19-20(25-26-21(19)23(27)28)15-10-12-16(29-2)13-11-15/h5-6,8-13,22H,3-4,7,14H2,1-2H3,(H,25,26). The normalized spacial score (nSPS) is 15.6. The molecule has 29 heavy (non-hydrogen) atoms. The van der Waals surface area contributed by atoms with E-state index in [0.717, 1.165) is 47.4 Å². The molecule has 2 aromatic carbocycles. The predicted octanol–water partition coefficient (Wildman–Crippen LogP) is 5.47. The zero-order valence-electron chi connectivity index (χ0n) is 16.6. The van der Waals surface area contributed by atoms with Crippen LogP contribution in [0, 0.1) is 0 Å². The van der Waals surface area contributed by atoms with E-state index >= 15 is 0 Å². The minimum absolute atomic E-state index is 0.0201. The molecule has 1 N–H and O–H groups in total. The van der Waals surface area contributed by atoms with Crippen LogP contribution >= 0.6 is 11.6 Å². The van der Waals surface area contributed by atoms with Crippen molar-refractivity contribution >= 4 is 17.5 Å². The summed E-state index contributed by atoms with van der Waals surface area (Å²) in [5.74, 6) is 0.758. The number of methoxy groups -OCH3 is 1. The van der Waals surface area contributed by atoms with Crippen LogP contribution in [0.15, 0.2) is 48.5 Å². The van der Waals surface area contributed by atoms with Gasteiger partial charge in [-0.1, -0.05) is 49.6 Å². The molecule has 0 spiro atoms. The number of hydrogen-bond acceptors (Lipinski definition) is 3. The Morgan fingerprint density at radius 3 is 2.59 bits per heavy atom. The molecule has 1 unspecified atom stereocenters. The average molecular weight is 410 g/mol. The number of hydrogen-bond donors (Lipinski definition) is 1. The number of carbonyl (C=O) groups excluding carboxylic acids is 1. The summed E-state index contributed by atoms with van der Waals surface area (Å²) in [7, 11) is 1.64. The zero-order chi connectivity index (χ0) is 20.4. The number of amides is 1. The minimum Gasteiger partial charge on any atom is -0.497 e. The zero-order valence-corrected chi connectivity index (χ0v) is 17.4. The Bertz CT molecular complexity index is 1010. The molecule has 1 aromatic heterocycles.